The number of halogens is 2. The Hall–Kier alpha value is 0.0600. The maximum Gasteiger partial charge on any atom is 0.0380 e. The molecule has 0 aliphatic heterocycles. The van der Waals surface area contributed by atoms with E-state index in [-0.39, 0.29) is 0 Å². The molecule has 2 heteroatoms. The van der Waals surface area contributed by atoms with E-state index in [9.17, 15) is 0 Å². The maximum atomic E-state index is 5.89. The van der Waals surface area contributed by atoms with E-state index >= 15 is 0 Å². The highest BCUT2D eigenvalue weighted by Crippen LogP contribution is 2.31. The van der Waals surface area contributed by atoms with Gasteiger partial charge in [-0.15, -0.1) is 0 Å². The van der Waals surface area contributed by atoms with Crippen molar-refractivity contribution in [3.63, 3.8) is 0 Å². The van der Waals surface area contributed by atoms with E-state index in [1.807, 2.05) is 6.08 Å². The summed E-state index contributed by atoms with van der Waals surface area (Å²) in [6.07, 6.45) is 4.84. The lowest BCUT2D eigenvalue weighted by molar-refractivity contribution is 0.464. The van der Waals surface area contributed by atoms with Crippen LogP contribution < -0.4 is 0 Å². The summed E-state index contributed by atoms with van der Waals surface area (Å²) >= 11 is 11.7. The van der Waals surface area contributed by atoms with Crippen LogP contribution in [0.1, 0.15) is 20.3 Å². The van der Waals surface area contributed by atoms with Crippen molar-refractivity contribution in [3.05, 3.63) is 22.2 Å². The van der Waals surface area contributed by atoms with Gasteiger partial charge in [0.2, 0.25) is 0 Å². The van der Waals surface area contributed by atoms with Crippen molar-refractivity contribution in [1.29, 1.82) is 0 Å². The zero-order chi connectivity index (χ0) is 8.43. The average molecular weight is 191 g/mol. The molecule has 1 aliphatic rings. The molecule has 0 bridgehead atoms. The molecule has 0 N–H and O–H groups in total. The van der Waals surface area contributed by atoms with Gasteiger partial charge in [-0.3, -0.25) is 0 Å². The largest absolute Gasteiger partial charge is 0.0891 e. The van der Waals surface area contributed by atoms with E-state index in [4.69, 9.17) is 23.2 Å². The van der Waals surface area contributed by atoms with Crippen LogP contribution in [0.25, 0.3) is 0 Å². The SMILES string of the molecule is CC(C)C1C=C(Cl)C=C(Cl)C1. The van der Waals surface area contributed by atoms with Gasteiger partial charge < -0.3 is 0 Å². The molecule has 62 valence electrons. The van der Waals surface area contributed by atoms with Crippen LogP contribution in [0.3, 0.4) is 0 Å². The van der Waals surface area contributed by atoms with Crippen molar-refractivity contribution in [2.75, 3.05) is 0 Å². The molecule has 0 aromatic heterocycles. The van der Waals surface area contributed by atoms with E-state index < -0.39 is 0 Å². The first-order chi connectivity index (χ1) is 5.09. The fourth-order valence-corrected chi connectivity index (χ4v) is 1.82. The fraction of sp³-hybridized carbons (Fsp3) is 0.556. The Kier molecular flexibility index (Phi) is 3.03. The van der Waals surface area contributed by atoms with Crippen LogP contribution in [0, 0.1) is 11.8 Å². The van der Waals surface area contributed by atoms with Gasteiger partial charge in [0, 0.05) is 10.1 Å². The Balaban J connectivity index is 2.71. The number of allylic oxidation sites excluding steroid dienone is 4. The summed E-state index contributed by atoms with van der Waals surface area (Å²) < 4.78 is 0. The van der Waals surface area contributed by atoms with Crippen LogP contribution in [0.5, 0.6) is 0 Å². The molecular weight excluding hydrogens is 179 g/mol. The lowest BCUT2D eigenvalue weighted by Crippen LogP contribution is -2.08. The highest BCUT2D eigenvalue weighted by atomic mass is 35.5. The molecule has 0 heterocycles. The van der Waals surface area contributed by atoms with E-state index in [0.717, 1.165) is 16.5 Å². The van der Waals surface area contributed by atoms with Gasteiger partial charge in [-0.2, -0.15) is 0 Å². The lowest BCUT2D eigenvalue weighted by Gasteiger charge is -2.19. The van der Waals surface area contributed by atoms with Crippen LogP contribution >= 0.6 is 23.2 Å². The summed E-state index contributed by atoms with van der Waals surface area (Å²) in [4.78, 5) is 0. The Morgan fingerprint density at radius 1 is 1.45 bits per heavy atom. The van der Waals surface area contributed by atoms with E-state index in [1.165, 1.54) is 0 Å². The zero-order valence-corrected chi connectivity index (χ0v) is 8.28. The second-order valence-corrected chi connectivity index (χ2v) is 4.18. The van der Waals surface area contributed by atoms with Gasteiger partial charge >= 0.3 is 0 Å². The molecule has 1 aliphatic carbocycles. The van der Waals surface area contributed by atoms with Gasteiger partial charge in [0.15, 0.2) is 0 Å². The molecule has 0 nitrogen and oxygen atoms in total. The molecule has 1 unspecified atom stereocenters. The average Bonchev–Trinajstić information content (AvgIpc) is 1.85. The van der Waals surface area contributed by atoms with E-state index in [0.29, 0.717) is 11.8 Å². The van der Waals surface area contributed by atoms with Crippen LogP contribution in [0.4, 0.5) is 0 Å². The lowest BCUT2D eigenvalue weighted by atomic mass is 9.90. The smallest absolute Gasteiger partial charge is 0.0380 e. The molecule has 0 saturated carbocycles. The first-order valence-corrected chi connectivity index (χ1v) is 4.58. The van der Waals surface area contributed by atoms with Crippen molar-refractivity contribution in [3.8, 4) is 0 Å². The van der Waals surface area contributed by atoms with Crippen LogP contribution in [0.15, 0.2) is 22.2 Å². The highest BCUT2D eigenvalue weighted by Gasteiger charge is 2.16. The Morgan fingerprint density at radius 2 is 2.09 bits per heavy atom. The molecule has 0 amide bonds. The molecule has 11 heavy (non-hydrogen) atoms. The number of rotatable bonds is 1. The minimum absolute atomic E-state index is 0.514. The number of hydrogen-bond donors (Lipinski definition) is 0. The molecule has 0 saturated heterocycles. The maximum absolute atomic E-state index is 5.89. The topological polar surface area (TPSA) is 0 Å². The van der Waals surface area contributed by atoms with Crippen molar-refractivity contribution >= 4 is 23.2 Å². The summed E-state index contributed by atoms with van der Waals surface area (Å²) in [7, 11) is 0. The first-order valence-electron chi connectivity index (χ1n) is 3.83. The highest BCUT2D eigenvalue weighted by molar-refractivity contribution is 6.34. The van der Waals surface area contributed by atoms with Crippen molar-refractivity contribution < 1.29 is 0 Å². The molecule has 0 aromatic carbocycles. The van der Waals surface area contributed by atoms with Crippen molar-refractivity contribution in [2.24, 2.45) is 11.8 Å². The van der Waals surface area contributed by atoms with Gasteiger partial charge in [-0.25, -0.2) is 0 Å². The molecule has 0 spiro atoms. The van der Waals surface area contributed by atoms with Gasteiger partial charge in [0.05, 0.1) is 0 Å². The van der Waals surface area contributed by atoms with Crippen molar-refractivity contribution in [1.82, 2.24) is 0 Å². The van der Waals surface area contributed by atoms with Crippen LogP contribution in [-0.4, -0.2) is 0 Å². The molecule has 1 atom stereocenters. The van der Waals surface area contributed by atoms with Crippen LogP contribution in [0.2, 0.25) is 0 Å². The third-order valence-corrected chi connectivity index (χ3v) is 2.45. The Bertz CT molecular complexity index is 202. The first kappa shape index (κ1) is 9.15. The summed E-state index contributed by atoms with van der Waals surface area (Å²) in [5, 5.41) is 1.65. The predicted molar refractivity (Wildman–Crippen MR) is 50.8 cm³/mol. The molecule has 1 rings (SSSR count). The van der Waals surface area contributed by atoms with Gasteiger partial charge in [-0.05, 0) is 24.3 Å². The minimum Gasteiger partial charge on any atom is -0.0891 e. The summed E-state index contributed by atoms with van der Waals surface area (Å²) in [5.41, 5.74) is 0. The summed E-state index contributed by atoms with van der Waals surface area (Å²) in [6, 6.07) is 0. The van der Waals surface area contributed by atoms with Gasteiger partial charge in [0.1, 0.15) is 0 Å². The molecule has 0 radical (unpaired) electrons. The second-order valence-electron chi connectivity index (χ2n) is 3.25. The quantitative estimate of drug-likeness (QED) is 0.589. The molecule has 0 aromatic rings. The van der Waals surface area contributed by atoms with Gasteiger partial charge in [0.25, 0.3) is 0 Å². The second kappa shape index (κ2) is 3.64. The minimum atomic E-state index is 0.514. The summed E-state index contributed by atoms with van der Waals surface area (Å²) in [6.45, 7) is 4.36. The summed E-state index contributed by atoms with van der Waals surface area (Å²) in [5.74, 6) is 1.13. The van der Waals surface area contributed by atoms with E-state index in [1.54, 1.807) is 0 Å². The van der Waals surface area contributed by atoms with Gasteiger partial charge in [-0.1, -0.05) is 43.1 Å². The number of hydrogen-bond acceptors (Lipinski definition) is 0. The predicted octanol–water partition coefficient (Wildman–Crippen LogP) is 3.91. The van der Waals surface area contributed by atoms with Crippen molar-refractivity contribution in [2.45, 2.75) is 20.3 Å². The third-order valence-electron chi connectivity index (χ3n) is 1.95. The molecular formula is C9H12Cl2. The Morgan fingerprint density at radius 3 is 2.55 bits per heavy atom. The van der Waals surface area contributed by atoms with E-state index in [2.05, 4.69) is 19.9 Å². The standard InChI is InChI=1S/C9H12Cl2/c1-6(2)7-3-8(10)5-9(11)4-7/h3,5-7H,4H2,1-2H3. The monoisotopic (exact) mass is 190 g/mol. The molecule has 0 fully saturated rings. The van der Waals surface area contributed by atoms with Crippen LogP contribution in [-0.2, 0) is 0 Å². The Labute approximate surface area is 77.9 Å². The normalized spacial score (nSPS) is 25.0. The third kappa shape index (κ3) is 2.53. The zero-order valence-electron chi connectivity index (χ0n) is 6.77. The fourth-order valence-electron chi connectivity index (χ4n) is 1.17.